The Morgan fingerprint density at radius 3 is 2.24 bits per heavy atom. The molecule has 1 rings (SSSR count). The van der Waals surface area contributed by atoms with Crippen LogP contribution in [0.15, 0.2) is 29.8 Å². The fourth-order valence-electron chi connectivity index (χ4n) is 1.38. The average Bonchev–Trinajstić information content (AvgIpc) is 2.36. The zero-order valence-electron chi connectivity index (χ0n) is 9.54. The number of nitrogens with one attached hydrogen (secondary N) is 2. The molecular formula is C12H12ClN3O. The molecular weight excluding hydrogens is 238 g/mol. The maximum atomic E-state index is 11.5. The number of benzene rings is 1. The number of likely N-dealkylation sites (N-methyl/N-ethyl adjacent to an activating group) is 1. The molecule has 17 heavy (non-hydrogen) atoms. The van der Waals surface area contributed by atoms with Crippen LogP contribution >= 0.6 is 11.6 Å². The lowest BCUT2D eigenvalue weighted by atomic mass is 10.1. The predicted molar refractivity (Wildman–Crippen MR) is 67.1 cm³/mol. The number of rotatable bonds is 3. The molecule has 0 radical (unpaired) electrons. The number of amides is 1. The molecule has 2 N–H and O–H groups in total. The van der Waals surface area contributed by atoms with E-state index in [2.05, 4.69) is 10.6 Å². The topological polar surface area (TPSA) is 64.9 Å². The van der Waals surface area contributed by atoms with Gasteiger partial charge in [-0.25, -0.2) is 0 Å². The van der Waals surface area contributed by atoms with E-state index in [1.807, 2.05) is 6.07 Å². The molecule has 4 nitrogen and oxygen atoms in total. The van der Waals surface area contributed by atoms with Gasteiger partial charge in [0.15, 0.2) is 0 Å². The van der Waals surface area contributed by atoms with E-state index in [1.165, 1.54) is 7.05 Å². The van der Waals surface area contributed by atoms with Crippen molar-refractivity contribution in [2.24, 2.45) is 0 Å². The standard InChI is InChI=1S/C12H12ClN3O/c1-15-11(10(7-14)12(17)16-2)8-3-5-9(13)6-4-8/h3-6,15H,1-2H3,(H,16,17)/b11-10-. The SMILES string of the molecule is CNC(=O)/C(C#N)=C(\NC)c1ccc(Cl)cc1. The Labute approximate surface area is 105 Å². The third-order valence-electron chi connectivity index (χ3n) is 2.20. The van der Waals surface area contributed by atoms with Crippen LogP contribution in [-0.2, 0) is 4.79 Å². The number of nitrogens with zero attached hydrogens (tertiary/aromatic N) is 1. The maximum Gasteiger partial charge on any atom is 0.263 e. The highest BCUT2D eigenvalue weighted by Gasteiger charge is 2.14. The summed E-state index contributed by atoms with van der Waals surface area (Å²) in [4.78, 5) is 11.5. The van der Waals surface area contributed by atoms with Crippen molar-refractivity contribution in [3.05, 3.63) is 40.4 Å². The van der Waals surface area contributed by atoms with Crippen LogP contribution in [0.25, 0.3) is 5.70 Å². The van der Waals surface area contributed by atoms with Crippen LogP contribution in [0.2, 0.25) is 5.02 Å². The second kappa shape index (κ2) is 5.92. The first-order chi connectivity index (χ1) is 8.13. The predicted octanol–water partition coefficient (Wildman–Crippen LogP) is 1.54. The molecule has 0 atom stereocenters. The van der Waals surface area contributed by atoms with Crippen LogP contribution in [0.3, 0.4) is 0 Å². The molecule has 1 aromatic rings. The van der Waals surface area contributed by atoms with Gasteiger partial charge in [0, 0.05) is 19.1 Å². The fourth-order valence-corrected chi connectivity index (χ4v) is 1.50. The van der Waals surface area contributed by atoms with E-state index < -0.39 is 5.91 Å². The van der Waals surface area contributed by atoms with Crippen molar-refractivity contribution < 1.29 is 4.79 Å². The quantitative estimate of drug-likeness (QED) is 0.631. The van der Waals surface area contributed by atoms with Crippen molar-refractivity contribution in [1.82, 2.24) is 10.6 Å². The fraction of sp³-hybridized carbons (Fsp3) is 0.167. The minimum atomic E-state index is -0.424. The molecule has 0 aliphatic rings. The normalized spacial score (nSPS) is 11.2. The second-order valence-corrected chi connectivity index (χ2v) is 3.63. The van der Waals surface area contributed by atoms with Crippen LogP contribution in [0.1, 0.15) is 5.56 Å². The number of hydrogen-bond acceptors (Lipinski definition) is 3. The zero-order valence-corrected chi connectivity index (χ0v) is 10.3. The highest BCUT2D eigenvalue weighted by Crippen LogP contribution is 2.18. The van der Waals surface area contributed by atoms with Crippen molar-refractivity contribution in [2.45, 2.75) is 0 Å². The first-order valence-corrected chi connectivity index (χ1v) is 5.32. The van der Waals surface area contributed by atoms with Crippen molar-refractivity contribution in [2.75, 3.05) is 14.1 Å². The molecule has 88 valence electrons. The van der Waals surface area contributed by atoms with Crippen LogP contribution < -0.4 is 10.6 Å². The van der Waals surface area contributed by atoms with E-state index in [4.69, 9.17) is 16.9 Å². The Bertz CT molecular complexity index is 485. The number of carbonyl (C=O) groups is 1. The van der Waals surface area contributed by atoms with Crippen molar-refractivity contribution in [3.8, 4) is 6.07 Å². The molecule has 0 saturated heterocycles. The van der Waals surface area contributed by atoms with Crippen molar-refractivity contribution in [3.63, 3.8) is 0 Å². The smallest absolute Gasteiger partial charge is 0.263 e. The van der Waals surface area contributed by atoms with Gasteiger partial charge >= 0.3 is 0 Å². The number of hydrogen-bond donors (Lipinski definition) is 2. The van der Waals surface area contributed by atoms with Crippen molar-refractivity contribution in [1.29, 1.82) is 5.26 Å². The van der Waals surface area contributed by atoms with E-state index in [0.717, 1.165) is 5.56 Å². The summed E-state index contributed by atoms with van der Waals surface area (Å²) >= 11 is 5.78. The largest absolute Gasteiger partial charge is 0.386 e. The minimum Gasteiger partial charge on any atom is -0.386 e. The van der Waals surface area contributed by atoms with Gasteiger partial charge in [0.2, 0.25) is 0 Å². The van der Waals surface area contributed by atoms with Gasteiger partial charge in [0.05, 0.1) is 5.70 Å². The van der Waals surface area contributed by atoms with E-state index in [1.54, 1.807) is 31.3 Å². The minimum absolute atomic E-state index is 0.0392. The zero-order chi connectivity index (χ0) is 12.8. The number of halogens is 1. The molecule has 0 aliphatic carbocycles. The summed E-state index contributed by atoms with van der Waals surface area (Å²) < 4.78 is 0. The van der Waals surface area contributed by atoms with Crippen molar-refractivity contribution >= 4 is 23.2 Å². The van der Waals surface area contributed by atoms with Gasteiger partial charge in [0.1, 0.15) is 11.6 Å². The average molecular weight is 250 g/mol. The van der Waals surface area contributed by atoms with Crippen LogP contribution in [-0.4, -0.2) is 20.0 Å². The third-order valence-corrected chi connectivity index (χ3v) is 2.45. The van der Waals surface area contributed by atoms with E-state index in [9.17, 15) is 4.79 Å². The third kappa shape index (κ3) is 2.99. The maximum absolute atomic E-state index is 11.5. The molecule has 5 heteroatoms. The first-order valence-electron chi connectivity index (χ1n) is 4.94. The van der Waals surface area contributed by atoms with Gasteiger partial charge in [-0.05, 0) is 17.7 Å². The molecule has 1 aromatic carbocycles. The van der Waals surface area contributed by atoms with Gasteiger partial charge in [0.25, 0.3) is 5.91 Å². The molecule has 0 bridgehead atoms. The Hall–Kier alpha value is -1.99. The Morgan fingerprint density at radius 2 is 1.82 bits per heavy atom. The van der Waals surface area contributed by atoms with Gasteiger partial charge < -0.3 is 10.6 Å². The monoisotopic (exact) mass is 249 g/mol. The molecule has 0 unspecified atom stereocenters. The molecule has 0 aromatic heterocycles. The van der Waals surface area contributed by atoms with Gasteiger partial charge in [-0.3, -0.25) is 4.79 Å². The lowest BCUT2D eigenvalue weighted by molar-refractivity contribution is -0.116. The summed E-state index contributed by atoms with van der Waals surface area (Å²) in [6.45, 7) is 0. The summed E-state index contributed by atoms with van der Waals surface area (Å²) in [6.07, 6.45) is 0. The van der Waals surface area contributed by atoms with Gasteiger partial charge in [-0.2, -0.15) is 5.26 Å². The number of carbonyl (C=O) groups excluding carboxylic acids is 1. The number of nitriles is 1. The van der Waals surface area contributed by atoms with E-state index in [-0.39, 0.29) is 5.57 Å². The van der Waals surface area contributed by atoms with Crippen LogP contribution in [0, 0.1) is 11.3 Å². The second-order valence-electron chi connectivity index (χ2n) is 3.20. The van der Waals surface area contributed by atoms with Gasteiger partial charge in [-0.15, -0.1) is 0 Å². The summed E-state index contributed by atoms with van der Waals surface area (Å²) in [7, 11) is 3.14. The Morgan fingerprint density at radius 1 is 1.24 bits per heavy atom. The summed E-state index contributed by atoms with van der Waals surface area (Å²) in [5.74, 6) is -0.424. The van der Waals surface area contributed by atoms with E-state index >= 15 is 0 Å². The molecule has 0 saturated carbocycles. The van der Waals surface area contributed by atoms with Gasteiger partial charge in [-0.1, -0.05) is 23.7 Å². The molecule has 1 amide bonds. The lowest BCUT2D eigenvalue weighted by Gasteiger charge is -2.09. The van der Waals surface area contributed by atoms with E-state index in [0.29, 0.717) is 10.7 Å². The highest BCUT2D eigenvalue weighted by molar-refractivity contribution is 6.30. The summed E-state index contributed by atoms with van der Waals surface area (Å²) in [5, 5.41) is 14.9. The molecule has 0 aliphatic heterocycles. The first kappa shape index (κ1) is 13.1. The Kier molecular flexibility index (Phi) is 4.56. The van der Waals surface area contributed by atoms with Crippen LogP contribution in [0.5, 0.6) is 0 Å². The molecule has 0 fully saturated rings. The highest BCUT2D eigenvalue weighted by atomic mass is 35.5. The lowest BCUT2D eigenvalue weighted by Crippen LogP contribution is -2.23. The van der Waals surface area contributed by atoms with Crippen LogP contribution in [0.4, 0.5) is 0 Å². The summed E-state index contributed by atoms with van der Waals surface area (Å²) in [6, 6.07) is 8.78. The molecule has 0 heterocycles. The summed E-state index contributed by atoms with van der Waals surface area (Å²) in [5.41, 5.74) is 1.25. The Balaban J connectivity index is 3.30. The molecule has 0 spiro atoms.